The summed E-state index contributed by atoms with van der Waals surface area (Å²) in [5.41, 5.74) is -0.222. The standard InChI is InChI=1S/C25H27ClN2O5/c1-17(27-23(31)18-10-4-3-5-11-18)24(32)33-16-22(30)28(2)25(15-9-8-14-21(25)29)19-12-6-7-13-20(19)26/h3-7,10-13,17H,8-9,14-16H2,1-2H3,(H,27,31)/t17-,25+/m0/s1. The van der Waals surface area contributed by atoms with Gasteiger partial charge in [0, 0.05) is 29.6 Å². The average Bonchev–Trinajstić information content (AvgIpc) is 2.83. The van der Waals surface area contributed by atoms with Crippen LogP contribution in [0.25, 0.3) is 0 Å². The van der Waals surface area contributed by atoms with Crippen molar-refractivity contribution in [1.29, 1.82) is 0 Å². The molecular formula is C25H27ClN2O5. The number of hydrogen-bond donors (Lipinski definition) is 1. The average molecular weight is 471 g/mol. The predicted molar refractivity (Wildman–Crippen MR) is 124 cm³/mol. The smallest absolute Gasteiger partial charge is 0.328 e. The minimum atomic E-state index is -1.20. The number of halogens is 1. The molecule has 1 saturated carbocycles. The molecule has 2 aromatic rings. The number of rotatable bonds is 7. The summed E-state index contributed by atoms with van der Waals surface area (Å²) in [4.78, 5) is 52.1. The first-order valence-electron chi connectivity index (χ1n) is 10.8. The van der Waals surface area contributed by atoms with E-state index in [9.17, 15) is 19.2 Å². The van der Waals surface area contributed by atoms with E-state index < -0.39 is 36.0 Å². The van der Waals surface area contributed by atoms with Crippen molar-refractivity contribution in [1.82, 2.24) is 10.2 Å². The summed E-state index contributed by atoms with van der Waals surface area (Å²) < 4.78 is 5.17. The number of nitrogens with one attached hydrogen (secondary N) is 1. The van der Waals surface area contributed by atoms with Gasteiger partial charge in [-0.25, -0.2) is 4.79 Å². The van der Waals surface area contributed by atoms with Gasteiger partial charge in [-0.05, 0) is 44.4 Å². The second-order valence-electron chi connectivity index (χ2n) is 8.09. The van der Waals surface area contributed by atoms with E-state index in [1.165, 1.54) is 18.9 Å². The number of carbonyl (C=O) groups excluding carboxylic acids is 4. The van der Waals surface area contributed by atoms with Gasteiger partial charge in [-0.15, -0.1) is 0 Å². The van der Waals surface area contributed by atoms with Crippen molar-refractivity contribution in [3.05, 3.63) is 70.7 Å². The Kier molecular flexibility index (Phi) is 7.87. The summed E-state index contributed by atoms with van der Waals surface area (Å²) in [6.07, 6.45) is 2.29. The third kappa shape index (κ3) is 5.25. The molecule has 7 nitrogen and oxygen atoms in total. The minimum Gasteiger partial charge on any atom is -0.454 e. The summed E-state index contributed by atoms with van der Waals surface area (Å²) in [7, 11) is 1.53. The molecule has 0 aliphatic heterocycles. The molecular weight excluding hydrogens is 444 g/mol. The highest BCUT2D eigenvalue weighted by atomic mass is 35.5. The normalized spacial score (nSPS) is 18.8. The van der Waals surface area contributed by atoms with Crippen LogP contribution in [0.5, 0.6) is 0 Å². The van der Waals surface area contributed by atoms with Crippen LogP contribution in [-0.2, 0) is 24.7 Å². The van der Waals surface area contributed by atoms with E-state index in [-0.39, 0.29) is 5.78 Å². The number of Topliss-reactive ketones (excluding diaryl/α,β-unsaturated/α-hetero) is 1. The van der Waals surface area contributed by atoms with Crippen LogP contribution >= 0.6 is 11.6 Å². The van der Waals surface area contributed by atoms with Crippen molar-refractivity contribution in [2.75, 3.05) is 13.7 Å². The first-order valence-corrected chi connectivity index (χ1v) is 11.2. The van der Waals surface area contributed by atoms with Crippen LogP contribution in [0.1, 0.15) is 48.5 Å². The molecule has 2 amide bonds. The summed E-state index contributed by atoms with van der Waals surface area (Å²) in [6.45, 7) is 0.924. The van der Waals surface area contributed by atoms with Crippen molar-refractivity contribution in [2.24, 2.45) is 0 Å². The van der Waals surface area contributed by atoms with Gasteiger partial charge in [0.05, 0.1) is 0 Å². The molecule has 0 heterocycles. The lowest BCUT2D eigenvalue weighted by Crippen LogP contribution is -2.55. The second-order valence-corrected chi connectivity index (χ2v) is 8.50. The van der Waals surface area contributed by atoms with Gasteiger partial charge in [-0.2, -0.15) is 0 Å². The summed E-state index contributed by atoms with van der Waals surface area (Å²) in [6, 6.07) is 14.5. The summed E-state index contributed by atoms with van der Waals surface area (Å²) in [5, 5.41) is 2.95. The molecule has 2 aromatic carbocycles. The van der Waals surface area contributed by atoms with Crippen LogP contribution < -0.4 is 5.32 Å². The predicted octanol–water partition coefficient (Wildman–Crippen LogP) is 3.50. The largest absolute Gasteiger partial charge is 0.454 e. The molecule has 174 valence electrons. The molecule has 0 unspecified atom stereocenters. The quantitative estimate of drug-likeness (QED) is 0.625. The number of esters is 1. The van der Waals surface area contributed by atoms with E-state index in [0.717, 1.165) is 12.8 Å². The maximum absolute atomic E-state index is 13.1. The molecule has 3 rings (SSSR count). The van der Waals surface area contributed by atoms with E-state index in [2.05, 4.69) is 5.32 Å². The molecule has 0 saturated heterocycles. The molecule has 0 bridgehead atoms. The van der Waals surface area contributed by atoms with E-state index in [1.807, 2.05) is 0 Å². The van der Waals surface area contributed by atoms with Crippen molar-refractivity contribution < 1.29 is 23.9 Å². The summed E-state index contributed by atoms with van der Waals surface area (Å²) >= 11 is 6.41. The Bertz CT molecular complexity index is 1040. The van der Waals surface area contributed by atoms with Crippen molar-refractivity contribution in [2.45, 2.75) is 44.2 Å². The lowest BCUT2D eigenvalue weighted by Gasteiger charge is -2.43. The highest BCUT2D eigenvalue weighted by Crippen LogP contribution is 2.42. The number of benzene rings is 2. The maximum atomic E-state index is 13.1. The molecule has 0 aromatic heterocycles. The second kappa shape index (κ2) is 10.6. The highest BCUT2D eigenvalue weighted by molar-refractivity contribution is 6.31. The van der Waals surface area contributed by atoms with Crippen LogP contribution in [0, 0.1) is 0 Å². The van der Waals surface area contributed by atoms with E-state index in [1.54, 1.807) is 54.6 Å². The Balaban J connectivity index is 1.68. The van der Waals surface area contributed by atoms with Crippen LogP contribution in [0.15, 0.2) is 54.6 Å². The molecule has 0 radical (unpaired) electrons. The zero-order chi connectivity index (χ0) is 24.0. The van der Waals surface area contributed by atoms with Gasteiger partial charge in [-0.1, -0.05) is 48.0 Å². The number of ketones is 1. The molecule has 1 aliphatic carbocycles. The monoisotopic (exact) mass is 470 g/mol. The van der Waals surface area contributed by atoms with Gasteiger partial charge in [-0.3, -0.25) is 14.4 Å². The number of nitrogens with zero attached hydrogens (tertiary/aromatic N) is 1. The molecule has 8 heteroatoms. The van der Waals surface area contributed by atoms with Gasteiger partial charge in [0.1, 0.15) is 11.6 Å². The Morgan fingerprint density at radius 2 is 1.76 bits per heavy atom. The SMILES string of the molecule is C[C@H](NC(=O)c1ccccc1)C(=O)OCC(=O)N(C)[C@@]1(c2ccccc2Cl)CCCCC1=O. The number of likely N-dealkylation sites (N-methyl/N-ethyl adjacent to an activating group) is 1. The van der Waals surface area contributed by atoms with Crippen molar-refractivity contribution in [3.8, 4) is 0 Å². The molecule has 1 fully saturated rings. The van der Waals surface area contributed by atoms with Gasteiger partial charge in [0.25, 0.3) is 11.8 Å². The van der Waals surface area contributed by atoms with E-state index >= 15 is 0 Å². The molecule has 1 aliphatic rings. The number of amides is 2. The maximum Gasteiger partial charge on any atom is 0.328 e. The lowest BCUT2D eigenvalue weighted by atomic mass is 9.74. The first kappa shape index (κ1) is 24.5. The third-order valence-corrected chi connectivity index (χ3v) is 6.32. The van der Waals surface area contributed by atoms with Crippen molar-refractivity contribution >= 4 is 35.2 Å². The van der Waals surface area contributed by atoms with Crippen LogP contribution in [-0.4, -0.2) is 48.2 Å². The van der Waals surface area contributed by atoms with Crippen molar-refractivity contribution in [3.63, 3.8) is 0 Å². The van der Waals surface area contributed by atoms with E-state index in [0.29, 0.717) is 29.0 Å². The number of carbonyl (C=O) groups is 4. The minimum absolute atomic E-state index is 0.0903. The van der Waals surface area contributed by atoms with Crippen LogP contribution in [0.3, 0.4) is 0 Å². The Labute approximate surface area is 198 Å². The molecule has 2 atom stereocenters. The Morgan fingerprint density at radius 1 is 1.09 bits per heavy atom. The topological polar surface area (TPSA) is 92.8 Å². The Morgan fingerprint density at radius 3 is 2.42 bits per heavy atom. The van der Waals surface area contributed by atoms with Crippen LogP contribution in [0.4, 0.5) is 0 Å². The van der Waals surface area contributed by atoms with Gasteiger partial charge in [0.2, 0.25) is 0 Å². The number of ether oxygens (including phenoxy) is 1. The first-order chi connectivity index (χ1) is 15.8. The summed E-state index contributed by atoms with van der Waals surface area (Å²) in [5.74, 6) is -1.79. The van der Waals surface area contributed by atoms with Gasteiger partial charge in [0.15, 0.2) is 12.4 Å². The van der Waals surface area contributed by atoms with E-state index in [4.69, 9.17) is 16.3 Å². The number of hydrogen-bond acceptors (Lipinski definition) is 5. The fourth-order valence-electron chi connectivity index (χ4n) is 4.13. The fourth-order valence-corrected chi connectivity index (χ4v) is 4.42. The highest BCUT2D eigenvalue weighted by Gasteiger charge is 2.48. The fraction of sp³-hybridized carbons (Fsp3) is 0.360. The molecule has 0 spiro atoms. The zero-order valence-corrected chi connectivity index (χ0v) is 19.4. The molecule has 1 N–H and O–H groups in total. The van der Waals surface area contributed by atoms with Gasteiger partial charge >= 0.3 is 5.97 Å². The van der Waals surface area contributed by atoms with Crippen LogP contribution in [0.2, 0.25) is 5.02 Å². The third-order valence-electron chi connectivity index (χ3n) is 5.99. The lowest BCUT2D eigenvalue weighted by molar-refractivity contribution is -0.158. The molecule has 33 heavy (non-hydrogen) atoms. The zero-order valence-electron chi connectivity index (χ0n) is 18.7. The van der Waals surface area contributed by atoms with Gasteiger partial charge < -0.3 is 15.0 Å². The Hall–Kier alpha value is -3.19.